The van der Waals surface area contributed by atoms with E-state index in [0.717, 1.165) is 24.6 Å². The van der Waals surface area contributed by atoms with Crippen molar-refractivity contribution in [2.24, 2.45) is 0 Å². The van der Waals surface area contributed by atoms with Crippen molar-refractivity contribution in [3.63, 3.8) is 0 Å². The highest BCUT2D eigenvalue weighted by Crippen LogP contribution is 2.20. The summed E-state index contributed by atoms with van der Waals surface area (Å²) in [4.78, 5) is 0. The van der Waals surface area contributed by atoms with Crippen LogP contribution in [0.25, 0.3) is 6.08 Å². The van der Waals surface area contributed by atoms with Crippen molar-refractivity contribution in [2.75, 3.05) is 6.54 Å². The number of hydrogen-bond acceptors (Lipinski definition) is 2. The lowest BCUT2D eigenvalue weighted by Crippen LogP contribution is -2.12. The molecule has 0 unspecified atom stereocenters. The Morgan fingerprint density at radius 2 is 1.33 bits per heavy atom. The molecule has 0 aliphatic heterocycles. The standard InChI is InChI=1S/C22H21NO/c1-3-8-19(9-4-1)10-7-17-23-18-20-13-15-22(16-14-20)24-21-11-5-2-6-12-21/h1-16,23H,17-18H2/b10-7+. The monoisotopic (exact) mass is 315 g/mol. The number of hydrogen-bond donors (Lipinski definition) is 1. The van der Waals surface area contributed by atoms with Gasteiger partial charge in [-0.1, -0.05) is 72.8 Å². The van der Waals surface area contributed by atoms with Crippen LogP contribution in [-0.2, 0) is 6.54 Å². The average Bonchev–Trinajstić information content (AvgIpc) is 2.65. The minimum atomic E-state index is 0.838. The molecule has 2 heteroatoms. The smallest absolute Gasteiger partial charge is 0.127 e. The van der Waals surface area contributed by atoms with E-state index in [1.165, 1.54) is 11.1 Å². The fourth-order valence-electron chi connectivity index (χ4n) is 2.36. The Balaban J connectivity index is 1.44. The van der Waals surface area contributed by atoms with E-state index in [2.05, 4.69) is 41.7 Å². The first-order valence-electron chi connectivity index (χ1n) is 8.14. The van der Waals surface area contributed by atoms with Crippen molar-refractivity contribution in [3.05, 3.63) is 102 Å². The van der Waals surface area contributed by atoms with E-state index in [0.29, 0.717) is 0 Å². The van der Waals surface area contributed by atoms with Gasteiger partial charge in [0.05, 0.1) is 0 Å². The van der Waals surface area contributed by atoms with Crippen molar-refractivity contribution < 1.29 is 4.74 Å². The average molecular weight is 315 g/mol. The van der Waals surface area contributed by atoms with Gasteiger partial charge >= 0.3 is 0 Å². The number of benzene rings is 3. The van der Waals surface area contributed by atoms with Crippen molar-refractivity contribution >= 4 is 6.08 Å². The van der Waals surface area contributed by atoms with Gasteiger partial charge in [-0.25, -0.2) is 0 Å². The molecule has 120 valence electrons. The molecule has 3 aromatic rings. The molecular weight excluding hydrogens is 294 g/mol. The van der Waals surface area contributed by atoms with E-state index < -0.39 is 0 Å². The summed E-state index contributed by atoms with van der Waals surface area (Å²) in [6, 6.07) is 28.3. The van der Waals surface area contributed by atoms with Crippen LogP contribution in [0.5, 0.6) is 11.5 Å². The van der Waals surface area contributed by atoms with E-state index in [1.807, 2.05) is 60.7 Å². The minimum Gasteiger partial charge on any atom is -0.457 e. The minimum absolute atomic E-state index is 0.838. The van der Waals surface area contributed by atoms with Gasteiger partial charge in [0.2, 0.25) is 0 Å². The Kier molecular flexibility index (Phi) is 5.81. The molecule has 0 radical (unpaired) electrons. The molecule has 24 heavy (non-hydrogen) atoms. The molecule has 2 nitrogen and oxygen atoms in total. The normalized spacial score (nSPS) is 10.8. The molecule has 0 heterocycles. The molecular formula is C22H21NO. The molecule has 0 saturated carbocycles. The Bertz CT molecular complexity index is 749. The Morgan fingerprint density at radius 3 is 2.04 bits per heavy atom. The molecule has 1 N–H and O–H groups in total. The Hall–Kier alpha value is -2.84. The molecule has 0 aliphatic carbocycles. The summed E-state index contributed by atoms with van der Waals surface area (Å²) >= 11 is 0. The number of nitrogens with one attached hydrogen (secondary N) is 1. The summed E-state index contributed by atoms with van der Waals surface area (Å²) in [7, 11) is 0. The third kappa shape index (κ3) is 5.11. The van der Waals surface area contributed by atoms with Gasteiger partial charge in [-0.3, -0.25) is 0 Å². The van der Waals surface area contributed by atoms with Crippen LogP contribution in [0.2, 0.25) is 0 Å². The molecule has 0 amide bonds. The van der Waals surface area contributed by atoms with Crippen LogP contribution in [0, 0.1) is 0 Å². The Morgan fingerprint density at radius 1 is 0.708 bits per heavy atom. The molecule has 0 atom stereocenters. The zero-order valence-electron chi connectivity index (χ0n) is 13.6. The van der Waals surface area contributed by atoms with Gasteiger partial charge in [0.15, 0.2) is 0 Å². The number of rotatable bonds is 7. The van der Waals surface area contributed by atoms with E-state index >= 15 is 0 Å². The van der Waals surface area contributed by atoms with Gasteiger partial charge in [-0.2, -0.15) is 0 Å². The number of para-hydroxylation sites is 1. The largest absolute Gasteiger partial charge is 0.457 e. The second-order valence-corrected chi connectivity index (χ2v) is 5.50. The van der Waals surface area contributed by atoms with E-state index in [4.69, 9.17) is 4.74 Å². The van der Waals surface area contributed by atoms with Crippen molar-refractivity contribution in [2.45, 2.75) is 6.54 Å². The van der Waals surface area contributed by atoms with Gasteiger partial charge in [0.25, 0.3) is 0 Å². The molecule has 0 aromatic heterocycles. The maximum Gasteiger partial charge on any atom is 0.127 e. The summed E-state index contributed by atoms with van der Waals surface area (Å²) in [6.07, 6.45) is 4.27. The predicted octanol–water partition coefficient (Wildman–Crippen LogP) is 5.28. The zero-order chi connectivity index (χ0) is 16.5. The van der Waals surface area contributed by atoms with Crippen molar-refractivity contribution in [1.29, 1.82) is 0 Å². The first kappa shape index (κ1) is 16.0. The lowest BCUT2D eigenvalue weighted by atomic mass is 10.2. The van der Waals surface area contributed by atoms with Crippen LogP contribution in [0.4, 0.5) is 0 Å². The second-order valence-electron chi connectivity index (χ2n) is 5.50. The summed E-state index contributed by atoms with van der Waals surface area (Å²) in [5.41, 5.74) is 2.46. The molecule has 3 aromatic carbocycles. The molecule has 0 saturated heterocycles. The fraction of sp³-hybridized carbons (Fsp3) is 0.0909. The van der Waals surface area contributed by atoms with Gasteiger partial charge in [-0.05, 0) is 35.4 Å². The molecule has 0 fully saturated rings. The summed E-state index contributed by atoms with van der Waals surface area (Å²) in [6.45, 7) is 1.68. The lowest BCUT2D eigenvalue weighted by Gasteiger charge is -2.07. The van der Waals surface area contributed by atoms with Crippen LogP contribution >= 0.6 is 0 Å². The number of ether oxygens (including phenoxy) is 1. The van der Waals surface area contributed by atoms with Gasteiger partial charge < -0.3 is 10.1 Å². The van der Waals surface area contributed by atoms with E-state index in [9.17, 15) is 0 Å². The SMILES string of the molecule is C(=C\c1ccccc1)/CNCc1ccc(Oc2ccccc2)cc1. The fourth-order valence-corrected chi connectivity index (χ4v) is 2.36. The summed E-state index contributed by atoms with van der Waals surface area (Å²) in [5.74, 6) is 1.71. The van der Waals surface area contributed by atoms with Crippen LogP contribution in [0.3, 0.4) is 0 Å². The van der Waals surface area contributed by atoms with Crippen molar-refractivity contribution in [3.8, 4) is 11.5 Å². The third-order valence-electron chi connectivity index (χ3n) is 3.60. The molecule has 0 bridgehead atoms. The lowest BCUT2D eigenvalue weighted by molar-refractivity contribution is 0.482. The second kappa shape index (κ2) is 8.70. The highest BCUT2D eigenvalue weighted by molar-refractivity contribution is 5.48. The highest BCUT2D eigenvalue weighted by atomic mass is 16.5. The van der Waals surface area contributed by atoms with Crippen LogP contribution in [-0.4, -0.2) is 6.54 Å². The first-order chi connectivity index (χ1) is 11.9. The third-order valence-corrected chi connectivity index (χ3v) is 3.60. The maximum atomic E-state index is 5.79. The first-order valence-corrected chi connectivity index (χ1v) is 8.14. The van der Waals surface area contributed by atoms with Gasteiger partial charge in [0, 0.05) is 13.1 Å². The topological polar surface area (TPSA) is 21.3 Å². The summed E-state index contributed by atoms with van der Waals surface area (Å²) in [5, 5.41) is 3.41. The van der Waals surface area contributed by atoms with Crippen molar-refractivity contribution in [1.82, 2.24) is 5.32 Å². The van der Waals surface area contributed by atoms with Crippen LogP contribution in [0.15, 0.2) is 91.0 Å². The predicted molar refractivity (Wildman–Crippen MR) is 100 cm³/mol. The quantitative estimate of drug-likeness (QED) is 0.599. The van der Waals surface area contributed by atoms with Gasteiger partial charge in [0.1, 0.15) is 11.5 Å². The Labute approximate surface area is 143 Å². The van der Waals surface area contributed by atoms with Crippen LogP contribution < -0.4 is 10.1 Å². The van der Waals surface area contributed by atoms with Crippen LogP contribution in [0.1, 0.15) is 11.1 Å². The molecule has 3 rings (SSSR count). The maximum absolute atomic E-state index is 5.79. The highest BCUT2D eigenvalue weighted by Gasteiger charge is 1.97. The molecule has 0 aliphatic rings. The van der Waals surface area contributed by atoms with E-state index in [1.54, 1.807) is 0 Å². The molecule has 0 spiro atoms. The van der Waals surface area contributed by atoms with Gasteiger partial charge in [-0.15, -0.1) is 0 Å². The van der Waals surface area contributed by atoms with E-state index in [-0.39, 0.29) is 0 Å². The zero-order valence-corrected chi connectivity index (χ0v) is 13.6. The summed E-state index contributed by atoms with van der Waals surface area (Å²) < 4.78 is 5.79.